The summed E-state index contributed by atoms with van der Waals surface area (Å²) in [6, 6.07) is 3.78. The molecule has 0 saturated heterocycles. The number of aliphatic hydroxyl groups is 1. The third-order valence-electron chi connectivity index (χ3n) is 2.98. The Kier molecular flexibility index (Phi) is 8.75. The van der Waals surface area contributed by atoms with Gasteiger partial charge in [0.15, 0.2) is 0 Å². The van der Waals surface area contributed by atoms with Gasteiger partial charge in [0.05, 0.1) is 22.2 Å². The smallest absolute Gasteiger partial charge is 0.147 e. The van der Waals surface area contributed by atoms with Gasteiger partial charge < -0.3 is 9.84 Å². The van der Waals surface area contributed by atoms with E-state index in [0.717, 1.165) is 33.3 Å². The standard InChI is InChI=1S/C15H22Br2O2/c1-2-3-4-5-6-7-8-19-15-13(16)9-12(11-18)10-14(15)17/h9-10,18H,2-8,11H2,1H3. The SMILES string of the molecule is CCCCCCCCOc1c(Br)cc(CO)cc1Br. The van der Waals surface area contributed by atoms with Gasteiger partial charge in [-0.05, 0) is 56.0 Å². The molecule has 0 aromatic heterocycles. The molecule has 0 heterocycles. The summed E-state index contributed by atoms with van der Waals surface area (Å²) in [6.07, 6.45) is 7.56. The molecule has 0 amide bonds. The zero-order valence-corrected chi connectivity index (χ0v) is 14.6. The van der Waals surface area contributed by atoms with E-state index in [1.807, 2.05) is 12.1 Å². The molecule has 0 spiro atoms. The van der Waals surface area contributed by atoms with Gasteiger partial charge in [0.1, 0.15) is 5.75 Å². The van der Waals surface area contributed by atoms with Crippen molar-refractivity contribution < 1.29 is 9.84 Å². The second-order valence-electron chi connectivity index (χ2n) is 4.66. The van der Waals surface area contributed by atoms with Crippen molar-refractivity contribution in [3.05, 3.63) is 26.6 Å². The molecule has 1 aromatic carbocycles. The van der Waals surface area contributed by atoms with Gasteiger partial charge in [-0.25, -0.2) is 0 Å². The Morgan fingerprint density at radius 2 is 1.58 bits per heavy atom. The second-order valence-corrected chi connectivity index (χ2v) is 6.37. The molecule has 0 saturated carbocycles. The van der Waals surface area contributed by atoms with E-state index >= 15 is 0 Å². The summed E-state index contributed by atoms with van der Waals surface area (Å²) in [4.78, 5) is 0. The molecule has 0 aliphatic rings. The molecule has 0 fully saturated rings. The number of halogens is 2. The van der Waals surface area contributed by atoms with Crippen LogP contribution in [0, 0.1) is 0 Å². The first-order chi connectivity index (χ1) is 9.19. The summed E-state index contributed by atoms with van der Waals surface area (Å²) < 4.78 is 7.57. The van der Waals surface area contributed by atoms with E-state index in [9.17, 15) is 0 Å². The molecular formula is C15H22Br2O2. The molecule has 0 radical (unpaired) electrons. The summed E-state index contributed by atoms with van der Waals surface area (Å²) >= 11 is 6.95. The zero-order chi connectivity index (χ0) is 14.1. The summed E-state index contributed by atoms with van der Waals surface area (Å²) in [5.74, 6) is 0.825. The molecule has 108 valence electrons. The minimum absolute atomic E-state index is 0.0366. The molecule has 4 heteroatoms. The van der Waals surface area contributed by atoms with Gasteiger partial charge in [-0.1, -0.05) is 39.0 Å². The van der Waals surface area contributed by atoms with Crippen molar-refractivity contribution in [2.75, 3.05) is 6.61 Å². The first-order valence-corrected chi connectivity index (χ1v) is 8.49. The quantitative estimate of drug-likeness (QED) is 0.565. The van der Waals surface area contributed by atoms with Crippen LogP contribution >= 0.6 is 31.9 Å². The van der Waals surface area contributed by atoms with E-state index in [-0.39, 0.29) is 6.61 Å². The van der Waals surface area contributed by atoms with Crippen LogP contribution < -0.4 is 4.74 Å². The summed E-state index contributed by atoms with van der Waals surface area (Å²) in [5.41, 5.74) is 0.866. The van der Waals surface area contributed by atoms with Gasteiger partial charge >= 0.3 is 0 Å². The van der Waals surface area contributed by atoms with Crippen LogP contribution in [-0.2, 0) is 6.61 Å². The Morgan fingerprint density at radius 1 is 1.00 bits per heavy atom. The number of aliphatic hydroxyl groups excluding tert-OH is 1. The number of hydrogen-bond acceptors (Lipinski definition) is 2. The fourth-order valence-electron chi connectivity index (χ4n) is 1.90. The topological polar surface area (TPSA) is 29.5 Å². The molecule has 0 atom stereocenters. The van der Waals surface area contributed by atoms with E-state index in [4.69, 9.17) is 9.84 Å². The number of rotatable bonds is 9. The lowest BCUT2D eigenvalue weighted by Crippen LogP contribution is -1.99. The summed E-state index contributed by atoms with van der Waals surface area (Å²) in [5, 5.41) is 9.11. The van der Waals surface area contributed by atoms with Crippen molar-refractivity contribution in [1.29, 1.82) is 0 Å². The predicted octanol–water partition coefficient (Wildman–Crippen LogP) is 5.44. The molecule has 1 N–H and O–H groups in total. The maximum Gasteiger partial charge on any atom is 0.147 e. The zero-order valence-electron chi connectivity index (χ0n) is 11.4. The highest BCUT2D eigenvalue weighted by molar-refractivity contribution is 9.11. The second kappa shape index (κ2) is 9.78. The van der Waals surface area contributed by atoms with Crippen LogP contribution in [0.1, 0.15) is 51.0 Å². The van der Waals surface area contributed by atoms with Crippen LogP contribution in [0.25, 0.3) is 0 Å². The lowest BCUT2D eigenvalue weighted by atomic mass is 10.1. The van der Waals surface area contributed by atoms with Gasteiger partial charge in [0, 0.05) is 0 Å². The molecule has 1 rings (SSSR count). The fourth-order valence-corrected chi connectivity index (χ4v) is 3.41. The Labute approximate surface area is 132 Å². The van der Waals surface area contributed by atoms with Crippen LogP contribution in [0.3, 0.4) is 0 Å². The van der Waals surface area contributed by atoms with Crippen LogP contribution in [0.2, 0.25) is 0 Å². The highest BCUT2D eigenvalue weighted by Crippen LogP contribution is 2.35. The van der Waals surface area contributed by atoms with Gasteiger partial charge in [-0.2, -0.15) is 0 Å². The molecule has 1 aromatic rings. The number of benzene rings is 1. The molecule has 0 bridgehead atoms. The lowest BCUT2D eigenvalue weighted by Gasteiger charge is -2.11. The van der Waals surface area contributed by atoms with E-state index in [2.05, 4.69) is 38.8 Å². The van der Waals surface area contributed by atoms with Crippen LogP contribution in [0.4, 0.5) is 0 Å². The fraction of sp³-hybridized carbons (Fsp3) is 0.600. The van der Waals surface area contributed by atoms with E-state index in [0.29, 0.717) is 0 Å². The largest absolute Gasteiger partial charge is 0.491 e. The molecule has 2 nitrogen and oxygen atoms in total. The van der Waals surface area contributed by atoms with E-state index in [1.165, 1.54) is 32.1 Å². The van der Waals surface area contributed by atoms with Crippen LogP contribution in [-0.4, -0.2) is 11.7 Å². The molecule has 0 aliphatic heterocycles. The highest BCUT2D eigenvalue weighted by atomic mass is 79.9. The number of hydrogen-bond donors (Lipinski definition) is 1. The average Bonchev–Trinajstić information content (AvgIpc) is 2.40. The van der Waals surface area contributed by atoms with Gasteiger partial charge in [0.2, 0.25) is 0 Å². The highest BCUT2D eigenvalue weighted by Gasteiger charge is 2.08. The van der Waals surface area contributed by atoms with Crippen LogP contribution in [0.15, 0.2) is 21.1 Å². The molecular weight excluding hydrogens is 372 g/mol. The lowest BCUT2D eigenvalue weighted by molar-refractivity contribution is 0.280. The Balaban J connectivity index is 2.33. The van der Waals surface area contributed by atoms with Crippen molar-refractivity contribution in [3.8, 4) is 5.75 Å². The summed E-state index contributed by atoms with van der Waals surface area (Å²) in [7, 11) is 0. The molecule has 19 heavy (non-hydrogen) atoms. The monoisotopic (exact) mass is 392 g/mol. The van der Waals surface area contributed by atoms with Gasteiger partial charge in [-0.15, -0.1) is 0 Å². The van der Waals surface area contributed by atoms with Crippen molar-refractivity contribution in [2.45, 2.75) is 52.1 Å². The normalized spacial score (nSPS) is 10.7. The van der Waals surface area contributed by atoms with Crippen molar-refractivity contribution >= 4 is 31.9 Å². The van der Waals surface area contributed by atoms with E-state index < -0.39 is 0 Å². The summed E-state index contributed by atoms with van der Waals surface area (Å²) in [6.45, 7) is 3.00. The first kappa shape index (κ1) is 17.0. The van der Waals surface area contributed by atoms with Gasteiger partial charge in [-0.3, -0.25) is 0 Å². The minimum atomic E-state index is 0.0366. The third kappa shape index (κ3) is 6.28. The van der Waals surface area contributed by atoms with Gasteiger partial charge in [0.25, 0.3) is 0 Å². The number of ether oxygens (including phenoxy) is 1. The third-order valence-corrected chi connectivity index (χ3v) is 4.16. The van der Waals surface area contributed by atoms with Crippen LogP contribution in [0.5, 0.6) is 5.75 Å². The van der Waals surface area contributed by atoms with E-state index in [1.54, 1.807) is 0 Å². The Bertz CT molecular complexity index is 357. The van der Waals surface area contributed by atoms with Crippen molar-refractivity contribution in [2.24, 2.45) is 0 Å². The Hall–Kier alpha value is -0.0600. The Morgan fingerprint density at radius 3 is 2.16 bits per heavy atom. The maximum absolute atomic E-state index is 9.11. The first-order valence-electron chi connectivity index (χ1n) is 6.90. The average molecular weight is 394 g/mol. The van der Waals surface area contributed by atoms with Crippen molar-refractivity contribution in [1.82, 2.24) is 0 Å². The number of unbranched alkanes of at least 4 members (excludes halogenated alkanes) is 5. The maximum atomic E-state index is 9.11. The predicted molar refractivity (Wildman–Crippen MR) is 86.6 cm³/mol. The molecule has 0 aliphatic carbocycles. The van der Waals surface area contributed by atoms with Crippen molar-refractivity contribution in [3.63, 3.8) is 0 Å². The minimum Gasteiger partial charge on any atom is -0.491 e. The molecule has 0 unspecified atom stereocenters.